The molecule has 0 aliphatic carbocycles. The Morgan fingerprint density at radius 1 is 1.40 bits per heavy atom. The van der Waals surface area contributed by atoms with Crippen LogP contribution in [0.5, 0.6) is 0 Å². The Morgan fingerprint density at radius 2 is 2.13 bits per heavy atom. The van der Waals surface area contributed by atoms with Crippen LogP contribution in [-0.4, -0.2) is 20.3 Å². The van der Waals surface area contributed by atoms with Gasteiger partial charge in [-0.25, -0.2) is 0 Å². The summed E-state index contributed by atoms with van der Waals surface area (Å²) in [5, 5.41) is 3.50. The van der Waals surface area contributed by atoms with E-state index in [4.69, 9.17) is 4.74 Å². The lowest BCUT2D eigenvalue weighted by atomic mass is 10.1. The number of nitrogens with one attached hydrogen (secondary N) is 1. The van der Waals surface area contributed by atoms with E-state index in [9.17, 15) is 0 Å². The highest BCUT2D eigenvalue weighted by atomic mass is 127. The molecule has 1 unspecified atom stereocenters. The monoisotopic (exact) mass is 319 g/mol. The number of rotatable bonds is 6. The molecule has 84 valence electrons. The normalized spacial score (nSPS) is 12.7. The van der Waals surface area contributed by atoms with Crippen molar-refractivity contribution in [3.63, 3.8) is 0 Å². The number of methoxy groups -OCH3 is 1. The summed E-state index contributed by atoms with van der Waals surface area (Å²) >= 11 is 2.37. The maximum atomic E-state index is 5.24. The fourth-order valence-electron chi connectivity index (χ4n) is 1.50. The van der Waals surface area contributed by atoms with Gasteiger partial charge < -0.3 is 10.1 Å². The first-order valence-corrected chi connectivity index (χ1v) is 6.34. The first-order valence-electron chi connectivity index (χ1n) is 5.26. The Balaban J connectivity index is 2.74. The van der Waals surface area contributed by atoms with Gasteiger partial charge in [0, 0.05) is 10.7 Å². The van der Waals surface area contributed by atoms with Crippen LogP contribution in [0.15, 0.2) is 24.3 Å². The minimum Gasteiger partial charge on any atom is -0.383 e. The Hall–Kier alpha value is -0.130. The molecule has 3 heteroatoms. The van der Waals surface area contributed by atoms with Crippen LogP contribution in [0.25, 0.3) is 0 Å². The van der Waals surface area contributed by atoms with E-state index in [1.807, 2.05) is 0 Å². The maximum absolute atomic E-state index is 5.24. The van der Waals surface area contributed by atoms with Crippen molar-refractivity contribution in [3.05, 3.63) is 33.4 Å². The van der Waals surface area contributed by atoms with E-state index in [1.165, 1.54) is 9.13 Å². The summed E-state index contributed by atoms with van der Waals surface area (Å²) in [6.07, 6.45) is 1.14. The van der Waals surface area contributed by atoms with Crippen LogP contribution in [0, 0.1) is 3.57 Å². The van der Waals surface area contributed by atoms with Gasteiger partial charge in [-0.2, -0.15) is 0 Å². The van der Waals surface area contributed by atoms with Crippen LogP contribution in [0.4, 0.5) is 0 Å². The van der Waals surface area contributed by atoms with Gasteiger partial charge in [0.25, 0.3) is 0 Å². The molecular formula is C12H18INO. The average molecular weight is 319 g/mol. The first-order chi connectivity index (χ1) is 7.29. The van der Waals surface area contributed by atoms with Gasteiger partial charge in [-0.05, 0) is 47.2 Å². The molecule has 1 rings (SSSR count). The topological polar surface area (TPSA) is 21.3 Å². The van der Waals surface area contributed by atoms with E-state index >= 15 is 0 Å². The molecule has 15 heavy (non-hydrogen) atoms. The molecule has 1 N–H and O–H groups in total. The third kappa shape index (κ3) is 4.09. The molecule has 1 aromatic rings. The fourth-order valence-corrected chi connectivity index (χ4v) is 2.26. The highest BCUT2D eigenvalue weighted by Gasteiger charge is 2.12. The zero-order valence-electron chi connectivity index (χ0n) is 9.29. The number of hydrogen-bond acceptors (Lipinski definition) is 2. The highest BCUT2D eigenvalue weighted by Crippen LogP contribution is 2.19. The molecular weight excluding hydrogens is 301 g/mol. The van der Waals surface area contributed by atoms with Crippen LogP contribution in [0.2, 0.25) is 0 Å². The minimum atomic E-state index is 0.308. The standard InChI is InChI=1S/C12H18INO/c1-3-8-14-12(9-15-2)10-6-4-5-7-11(10)13/h4-7,12,14H,3,8-9H2,1-2H3. The molecule has 0 bridgehead atoms. The molecule has 0 radical (unpaired) electrons. The second-order valence-corrected chi connectivity index (χ2v) is 4.65. The van der Waals surface area contributed by atoms with Crippen molar-refractivity contribution in [3.8, 4) is 0 Å². The van der Waals surface area contributed by atoms with E-state index in [2.05, 4.69) is 59.1 Å². The highest BCUT2D eigenvalue weighted by molar-refractivity contribution is 14.1. The van der Waals surface area contributed by atoms with E-state index in [0.29, 0.717) is 6.04 Å². The summed E-state index contributed by atoms with van der Waals surface area (Å²) in [6.45, 7) is 3.92. The van der Waals surface area contributed by atoms with Crippen molar-refractivity contribution in [2.75, 3.05) is 20.3 Å². The Morgan fingerprint density at radius 3 is 2.73 bits per heavy atom. The van der Waals surface area contributed by atoms with Gasteiger partial charge in [0.15, 0.2) is 0 Å². The van der Waals surface area contributed by atoms with Crippen LogP contribution in [0.1, 0.15) is 24.9 Å². The molecule has 1 atom stereocenters. The first kappa shape index (κ1) is 12.9. The van der Waals surface area contributed by atoms with Crippen molar-refractivity contribution in [2.45, 2.75) is 19.4 Å². The smallest absolute Gasteiger partial charge is 0.0658 e. The number of halogens is 1. The molecule has 0 spiro atoms. The van der Waals surface area contributed by atoms with E-state index in [-0.39, 0.29) is 0 Å². The molecule has 0 saturated carbocycles. The van der Waals surface area contributed by atoms with Crippen molar-refractivity contribution >= 4 is 22.6 Å². The summed E-state index contributed by atoms with van der Waals surface area (Å²) in [5.74, 6) is 0. The summed E-state index contributed by atoms with van der Waals surface area (Å²) < 4.78 is 6.54. The van der Waals surface area contributed by atoms with Crippen LogP contribution < -0.4 is 5.32 Å². The van der Waals surface area contributed by atoms with Crippen molar-refractivity contribution < 1.29 is 4.74 Å². The second kappa shape index (κ2) is 7.19. The minimum absolute atomic E-state index is 0.308. The summed E-state index contributed by atoms with van der Waals surface area (Å²) in [5.41, 5.74) is 1.33. The van der Waals surface area contributed by atoms with Gasteiger partial charge in [-0.1, -0.05) is 25.1 Å². The van der Waals surface area contributed by atoms with Crippen molar-refractivity contribution in [1.29, 1.82) is 0 Å². The van der Waals surface area contributed by atoms with Crippen molar-refractivity contribution in [1.82, 2.24) is 5.32 Å². The Kier molecular flexibility index (Phi) is 6.20. The quantitative estimate of drug-likeness (QED) is 0.814. The maximum Gasteiger partial charge on any atom is 0.0658 e. The molecule has 0 fully saturated rings. The molecule has 0 amide bonds. The van der Waals surface area contributed by atoms with E-state index in [1.54, 1.807) is 7.11 Å². The fraction of sp³-hybridized carbons (Fsp3) is 0.500. The summed E-state index contributed by atoms with van der Waals surface area (Å²) in [4.78, 5) is 0. The third-order valence-corrected chi connectivity index (χ3v) is 3.24. The van der Waals surface area contributed by atoms with E-state index in [0.717, 1.165) is 19.6 Å². The number of ether oxygens (including phenoxy) is 1. The second-order valence-electron chi connectivity index (χ2n) is 3.48. The molecule has 0 aliphatic heterocycles. The Labute approximate surface area is 106 Å². The molecule has 0 aromatic heterocycles. The van der Waals surface area contributed by atoms with E-state index < -0.39 is 0 Å². The molecule has 0 aliphatic rings. The van der Waals surface area contributed by atoms with Gasteiger partial charge in [0.05, 0.1) is 12.6 Å². The third-order valence-electron chi connectivity index (χ3n) is 2.25. The number of hydrogen-bond donors (Lipinski definition) is 1. The van der Waals surface area contributed by atoms with Gasteiger partial charge in [-0.15, -0.1) is 0 Å². The molecule has 2 nitrogen and oxygen atoms in total. The van der Waals surface area contributed by atoms with Gasteiger partial charge >= 0.3 is 0 Å². The predicted octanol–water partition coefficient (Wildman–Crippen LogP) is 2.98. The predicted molar refractivity (Wildman–Crippen MR) is 72.1 cm³/mol. The lowest BCUT2D eigenvalue weighted by Gasteiger charge is -2.19. The van der Waals surface area contributed by atoms with Crippen LogP contribution in [-0.2, 0) is 4.74 Å². The van der Waals surface area contributed by atoms with Gasteiger partial charge in [0.2, 0.25) is 0 Å². The molecule has 0 heterocycles. The lowest BCUT2D eigenvalue weighted by Crippen LogP contribution is -2.26. The van der Waals surface area contributed by atoms with Crippen LogP contribution in [0.3, 0.4) is 0 Å². The zero-order valence-corrected chi connectivity index (χ0v) is 11.5. The molecule has 1 aromatic carbocycles. The van der Waals surface area contributed by atoms with Crippen LogP contribution >= 0.6 is 22.6 Å². The largest absolute Gasteiger partial charge is 0.383 e. The summed E-state index contributed by atoms with van der Waals surface area (Å²) in [7, 11) is 1.75. The molecule has 0 saturated heterocycles. The number of benzene rings is 1. The van der Waals surface area contributed by atoms with Gasteiger partial charge in [0.1, 0.15) is 0 Å². The SMILES string of the molecule is CCCNC(COC)c1ccccc1I. The summed E-state index contributed by atoms with van der Waals surface area (Å²) in [6, 6.07) is 8.74. The van der Waals surface area contributed by atoms with Crippen molar-refractivity contribution in [2.24, 2.45) is 0 Å². The average Bonchev–Trinajstić information content (AvgIpc) is 2.25. The Bertz CT molecular complexity index is 291. The van der Waals surface area contributed by atoms with Gasteiger partial charge in [-0.3, -0.25) is 0 Å². The zero-order chi connectivity index (χ0) is 11.1. The lowest BCUT2D eigenvalue weighted by molar-refractivity contribution is 0.167.